The van der Waals surface area contributed by atoms with Crippen molar-refractivity contribution in [2.75, 3.05) is 0 Å². The molecule has 0 saturated heterocycles. The highest BCUT2D eigenvalue weighted by molar-refractivity contribution is 6.38. The van der Waals surface area contributed by atoms with Gasteiger partial charge in [0.15, 0.2) is 0 Å². The van der Waals surface area contributed by atoms with Crippen molar-refractivity contribution in [3.05, 3.63) is 170 Å². The van der Waals surface area contributed by atoms with Crippen LogP contribution in [-0.4, -0.2) is 18.9 Å². The molecular weight excluding hydrogens is 673 g/mol. The number of benzene rings is 8. The van der Waals surface area contributed by atoms with Gasteiger partial charge in [0.05, 0.1) is 38.7 Å². The third-order valence-corrected chi connectivity index (χ3v) is 11.7. The highest BCUT2D eigenvalue weighted by Gasteiger charge is 2.27. The van der Waals surface area contributed by atoms with Gasteiger partial charge < -0.3 is 8.82 Å². The van der Waals surface area contributed by atoms with Gasteiger partial charge in [0.2, 0.25) is 11.7 Å². The van der Waals surface area contributed by atoms with Crippen molar-refractivity contribution >= 4 is 92.7 Å². The molecule has 0 saturated carbocycles. The normalized spacial score (nSPS) is 12.4. The van der Waals surface area contributed by atoms with E-state index in [-0.39, 0.29) is 0 Å². The van der Waals surface area contributed by atoms with Gasteiger partial charge in [0.25, 0.3) is 0 Å². The van der Waals surface area contributed by atoms with E-state index in [4.69, 9.17) is 14.4 Å². The van der Waals surface area contributed by atoms with E-state index in [0.29, 0.717) is 11.7 Å². The Kier molecular flexibility index (Phi) is 5.57. The van der Waals surface area contributed by atoms with E-state index < -0.39 is 0 Å². The minimum absolute atomic E-state index is 0.567. The lowest BCUT2D eigenvalue weighted by Crippen LogP contribution is -2.02. The van der Waals surface area contributed by atoms with Gasteiger partial charge in [-0.15, -0.1) is 0 Å². The molecule has 5 heterocycles. The first-order valence-electron chi connectivity index (χ1n) is 18.7. The molecule has 0 aliphatic heterocycles. The molecular formula is C50H28N4O. The maximum Gasteiger partial charge on any atom is 0.238 e. The molecule has 0 spiro atoms. The third kappa shape index (κ3) is 3.81. The van der Waals surface area contributed by atoms with Gasteiger partial charge in [-0.1, -0.05) is 140 Å². The maximum absolute atomic E-state index is 6.57. The lowest BCUT2D eigenvalue weighted by atomic mass is 9.98. The standard InChI is InChI=1S/C50H28N4O/c1-2-12-29(13-3-1)30-22-24-32(25-23-30)47-45-36-18-8-11-21-42(36)55-49(45)52-50(51-47)54-39-20-10-7-17-35(39)44-41(54)28-37-34-16-6-9-19-38(34)53-40-27-26-31-14-4-5-15-33(31)43(40)46(44)48(37)53/h1-28H. The van der Waals surface area contributed by atoms with Crippen molar-refractivity contribution in [2.45, 2.75) is 0 Å². The zero-order chi connectivity index (χ0) is 35.8. The second-order valence-electron chi connectivity index (χ2n) is 14.5. The molecule has 254 valence electrons. The summed E-state index contributed by atoms with van der Waals surface area (Å²) < 4.78 is 11.3. The van der Waals surface area contributed by atoms with E-state index in [1.54, 1.807) is 0 Å². The van der Waals surface area contributed by atoms with Crippen LogP contribution in [0.4, 0.5) is 0 Å². The Balaban J connectivity index is 1.19. The Bertz CT molecular complexity index is 3700. The fourth-order valence-electron chi connectivity index (χ4n) is 9.36. The molecule has 0 N–H and O–H groups in total. The van der Waals surface area contributed by atoms with Crippen LogP contribution >= 0.6 is 0 Å². The lowest BCUT2D eigenvalue weighted by Gasteiger charge is -2.10. The van der Waals surface area contributed by atoms with Crippen LogP contribution in [0.1, 0.15) is 0 Å². The third-order valence-electron chi connectivity index (χ3n) is 11.7. The molecule has 5 aromatic heterocycles. The maximum atomic E-state index is 6.57. The molecule has 0 fully saturated rings. The number of para-hydroxylation sites is 3. The first kappa shape index (κ1) is 29.0. The second kappa shape index (κ2) is 10.6. The SMILES string of the molecule is c1ccc(-c2ccc(-c3nc(-n4c5ccccc5c5c6c7c8ccccc8ccc7n7c8ccccc8c(cc54)c67)nc4oc5ccccc5c34)cc2)cc1. The minimum atomic E-state index is 0.567. The summed E-state index contributed by atoms with van der Waals surface area (Å²) in [5, 5.41) is 11.7. The summed E-state index contributed by atoms with van der Waals surface area (Å²) in [5.74, 6) is 0.575. The average Bonchev–Trinajstić information content (AvgIpc) is 3.99. The summed E-state index contributed by atoms with van der Waals surface area (Å²) >= 11 is 0. The summed E-state index contributed by atoms with van der Waals surface area (Å²) in [7, 11) is 0. The molecule has 0 atom stereocenters. The Morgan fingerprint density at radius 1 is 0.400 bits per heavy atom. The van der Waals surface area contributed by atoms with E-state index in [2.05, 4.69) is 155 Å². The van der Waals surface area contributed by atoms with Gasteiger partial charge in [-0.2, -0.15) is 4.98 Å². The van der Waals surface area contributed by atoms with Crippen molar-refractivity contribution < 1.29 is 4.42 Å². The van der Waals surface area contributed by atoms with E-state index in [0.717, 1.165) is 49.6 Å². The number of rotatable bonds is 3. The van der Waals surface area contributed by atoms with Crippen LogP contribution in [0.15, 0.2) is 174 Å². The molecule has 5 heteroatoms. The summed E-state index contributed by atoms with van der Waals surface area (Å²) in [6, 6.07) is 60.5. The van der Waals surface area contributed by atoms with E-state index in [9.17, 15) is 0 Å². The van der Waals surface area contributed by atoms with E-state index in [1.165, 1.54) is 59.8 Å². The van der Waals surface area contributed by atoms with Crippen LogP contribution in [0, 0.1) is 0 Å². The highest BCUT2D eigenvalue weighted by atomic mass is 16.3. The van der Waals surface area contributed by atoms with Crippen molar-refractivity contribution in [1.82, 2.24) is 18.9 Å². The molecule has 0 unspecified atom stereocenters. The van der Waals surface area contributed by atoms with Crippen LogP contribution in [0.3, 0.4) is 0 Å². The monoisotopic (exact) mass is 700 g/mol. The predicted molar refractivity (Wildman–Crippen MR) is 227 cm³/mol. The van der Waals surface area contributed by atoms with Crippen LogP contribution < -0.4 is 0 Å². The lowest BCUT2D eigenvalue weighted by molar-refractivity contribution is 0.651. The molecule has 8 aromatic carbocycles. The minimum Gasteiger partial charge on any atom is -0.437 e. The second-order valence-corrected chi connectivity index (χ2v) is 14.5. The molecule has 5 nitrogen and oxygen atoms in total. The Morgan fingerprint density at radius 3 is 1.91 bits per heavy atom. The molecule has 13 rings (SSSR count). The zero-order valence-electron chi connectivity index (χ0n) is 29.4. The number of fused-ring (bicyclic) bond motifs is 15. The highest BCUT2D eigenvalue weighted by Crippen LogP contribution is 2.48. The van der Waals surface area contributed by atoms with Crippen LogP contribution in [0.2, 0.25) is 0 Å². The molecule has 0 aliphatic rings. The number of hydrogen-bond acceptors (Lipinski definition) is 3. The fourth-order valence-corrected chi connectivity index (χ4v) is 9.36. The van der Waals surface area contributed by atoms with Gasteiger partial charge in [-0.25, -0.2) is 4.98 Å². The van der Waals surface area contributed by atoms with Gasteiger partial charge in [0, 0.05) is 43.3 Å². The molecule has 0 bridgehead atoms. The first-order chi connectivity index (χ1) is 27.3. The number of furan rings is 1. The van der Waals surface area contributed by atoms with Crippen LogP contribution in [0.25, 0.3) is 121 Å². The number of hydrogen-bond donors (Lipinski definition) is 0. The van der Waals surface area contributed by atoms with E-state index in [1.807, 2.05) is 24.3 Å². The summed E-state index contributed by atoms with van der Waals surface area (Å²) in [4.78, 5) is 10.8. The first-order valence-corrected chi connectivity index (χ1v) is 18.7. The van der Waals surface area contributed by atoms with Crippen LogP contribution in [0.5, 0.6) is 0 Å². The van der Waals surface area contributed by atoms with Gasteiger partial charge >= 0.3 is 0 Å². The van der Waals surface area contributed by atoms with Gasteiger partial charge in [-0.05, 0) is 52.2 Å². The fraction of sp³-hybridized carbons (Fsp3) is 0. The van der Waals surface area contributed by atoms with Crippen molar-refractivity contribution in [3.8, 4) is 28.3 Å². The van der Waals surface area contributed by atoms with Crippen molar-refractivity contribution in [1.29, 1.82) is 0 Å². The Labute approximate surface area is 313 Å². The Morgan fingerprint density at radius 2 is 1.05 bits per heavy atom. The Hall–Kier alpha value is -7.50. The van der Waals surface area contributed by atoms with Crippen molar-refractivity contribution in [3.63, 3.8) is 0 Å². The molecule has 0 amide bonds. The molecule has 13 aromatic rings. The average molecular weight is 701 g/mol. The molecule has 55 heavy (non-hydrogen) atoms. The van der Waals surface area contributed by atoms with Gasteiger partial charge in [-0.3, -0.25) is 4.57 Å². The molecule has 0 radical (unpaired) electrons. The van der Waals surface area contributed by atoms with Gasteiger partial charge in [0.1, 0.15) is 5.58 Å². The summed E-state index contributed by atoms with van der Waals surface area (Å²) in [6.45, 7) is 0. The number of aromatic nitrogens is 4. The zero-order valence-corrected chi connectivity index (χ0v) is 29.4. The quantitative estimate of drug-likeness (QED) is 0.184. The molecule has 0 aliphatic carbocycles. The summed E-state index contributed by atoms with van der Waals surface area (Å²) in [6.07, 6.45) is 0. The largest absolute Gasteiger partial charge is 0.437 e. The smallest absolute Gasteiger partial charge is 0.238 e. The predicted octanol–water partition coefficient (Wildman–Crippen LogP) is 13.1. The number of nitrogens with zero attached hydrogens (tertiary/aromatic N) is 4. The van der Waals surface area contributed by atoms with Crippen molar-refractivity contribution in [2.24, 2.45) is 0 Å². The summed E-state index contributed by atoms with van der Waals surface area (Å²) in [5.41, 5.74) is 11.3. The van der Waals surface area contributed by atoms with E-state index >= 15 is 0 Å². The topological polar surface area (TPSA) is 48.3 Å². The van der Waals surface area contributed by atoms with Crippen LogP contribution in [-0.2, 0) is 0 Å².